The van der Waals surface area contributed by atoms with Crippen LogP contribution in [0.25, 0.3) is 0 Å². The van der Waals surface area contributed by atoms with Crippen LogP contribution in [-0.4, -0.2) is 5.91 Å². The second-order valence-electron chi connectivity index (χ2n) is 4.37. The largest absolute Gasteiger partial charge is 0.325 e. The summed E-state index contributed by atoms with van der Waals surface area (Å²) in [7, 11) is 0. The second kappa shape index (κ2) is 4.58. The maximum absolute atomic E-state index is 11.8. The minimum Gasteiger partial charge on any atom is -0.325 e. The van der Waals surface area contributed by atoms with Gasteiger partial charge in [0.05, 0.1) is 0 Å². The molecule has 1 fully saturated rings. The highest BCUT2D eigenvalue weighted by Crippen LogP contribution is 2.32. The zero-order valence-corrected chi connectivity index (χ0v) is 11.2. The summed E-state index contributed by atoms with van der Waals surface area (Å²) in [6.45, 7) is 4.14. The van der Waals surface area contributed by atoms with Crippen molar-refractivity contribution in [2.75, 3.05) is 5.32 Å². The Morgan fingerprint density at radius 3 is 2.75 bits per heavy atom. The first kappa shape index (κ1) is 11.6. The van der Waals surface area contributed by atoms with E-state index in [1.165, 1.54) is 5.56 Å². The van der Waals surface area contributed by atoms with Crippen LogP contribution in [0.1, 0.15) is 30.9 Å². The fourth-order valence-electron chi connectivity index (χ4n) is 1.84. The maximum atomic E-state index is 11.8. The van der Waals surface area contributed by atoms with E-state index in [1.54, 1.807) is 0 Å². The molecule has 2 rings (SSSR count). The molecule has 0 aromatic heterocycles. The van der Waals surface area contributed by atoms with Gasteiger partial charge in [0.25, 0.3) is 0 Å². The lowest BCUT2D eigenvalue weighted by Gasteiger charge is -2.13. The van der Waals surface area contributed by atoms with Crippen LogP contribution in [-0.2, 0) is 11.2 Å². The molecule has 86 valence electrons. The first-order valence-electron chi connectivity index (χ1n) is 5.71. The number of rotatable bonds is 3. The number of nitrogens with one attached hydrogen (secondary N) is 1. The molecule has 0 radical (unpaired) electrons. The Hall–Kier alpha value is -0.830. The van der Waals surface area contributed by atoms with Gasteiger partial charge in [-0.15, -0.1) is 0 Å². The van der Waals surface area contributed by atoms with Crippen LogP contribution < -0.4 is 5.32 Å². The van der Waals surface area contributed by atoms with Gasteiger partial charge in [-0.2, -0.15) is 0 Å². The third kappa shape index (κ3) is 2.46. The number of benzene rings is 1. The first-order valence-corrected chi connectivity index (χ1v) is 6.51. The van der Waals surface area contributed by atoms with Gasteiger partial charge >= 0.3 is 0 Å². The molecule has 0 atom stereocenters. The Kier molecular flexibility index (Phi) is 3.33. The summed E-state index contributed by atoms with van der Waals surface area (Å²) >= 11 is 3.48. The minimum atomic E-state index is 0.181. The Balaban J connectivity index is 2.27. The van der Waals surface area contributed by atoms with Gasteiger partial charge in [0.2, 0.25) is 5.91 Å². The van der Waals surface area contributed by atoms with E-state index in [0.29, 0.717) is 0 Å². The second-order valence-corrected chi connectivity index (χ2v) is 5.29. The van der Waals surface area contributed by atoms with Crippen molar-refractivity contribution in [1.82, 2.24) is 0 Å². The summed E-state index contributed by atoms with van der Waals surface area (Å²) in [5.41, 5.74) is 3.32. The Morgan fingerprint density at radius 1 is 1.50 bits per heavy atom. The van der Waals surface area contributed by atoms with Crippen molar-refractivity contribution in [3.63, 3.8) is 0 Å². The highest BCUT2D eigenvalue weighted by Gasteiger charge is 2.30. The molecule has 3 heteroatoms. The van der Waals surface area contributed by atoms with Crippen LogP contribution in [0.4, 0.5) is 5.69 Å². The Bertz CT molecular complexity index is 424. The van der Waals surface area contributed by atoms with Gasteiger partial charge in [-0.3, -0.25) is 4.79 Å². The van der Waals surface area contributed by atoms with E-state index in [9.17, 15) is 4.79 Å². The topological polar surface area (TPSA) is 29.1 Å². The van der Waals surface area contributed by atoms with Crippen LogP contribution in [0.3, 0.4) is 0 Å². The molecule has 1 aromatic rings. The van der Waals surface area contributed by atoms with Gasteiger partial charge in [0.15, 0.2) is 0 Å². The fraction of sp³-hybridized carbons (Fsp3) is 0.462. The summed E-state index contributed by atoms with van der Waals surface area (Å²) in [6.07, 6.45) is 3.02. The van der Waals surface area contributed by atoms with E-state index >= 15 is 0 Å². The molecule has 1 N–H and O–H groups in total. The first-order chi connectivity index (χ1) is 7.61. The normalized spacial score (nSPS) is 14.9. The Morgan fingerprint density at radius 2 is 2.19 bits per heavy atom. The zero-order chi connectivity index (χ0) is 11.7. The molecule has 0 unspecified atom stereocenters. The van der Waals surface area contributed by atoms with Crippen molar-refractivity contribution < 1.29 is 4.79 Å². The number of anilines is 1. The number of hydrogen-bond acceptors (Lipinski definition) is 1. The van der Waals surface area contributed by atoms with E-state index in [2.05, 4.69) is 34.2 Å². The molecule has 0 bridgehead atoms. The van der Waals surface area contributed by atoms with Crippen molar-refractivity contribution in [3.05, 3.63) is 27.7 Å². The molecule has 1 aromatic carbocycles. The summed E-state index contributed by atoms with van der Waals surface area (Å²) < 4.78 is 1.08. The number of halogens is 1. The van der Waals surface area contributed by atoms with Crippen molar-refractivity contribution in [1.29, 1.82) is 0 Å². The van der Waals surface area contributed by atoms with E-state index in [4.69, 9.17) is 0 Å². The predicted molar refractivity (Wildman–Crippen MR) is 69.6 cm³/mol. The Labute approximate surface area is 105 Å². The van der Waals surface area contributed by atoms with Crippen molar-refractivity contribution in [3.8, 4) is 0 Å². The van der Waals surface area contributed by atoms with E-state index in [1.807, 2.05) is 13.0 Å². The number of carbonyl (C=O) groups excluding carboxylic acids is 1. The summed E-state index contributed by atoms with van der Waals surface area (Å²) in [6, 6.07) is 4.12. The average Bonchev–Trinajstić information content (AvgIpc) is 3.04. The highest BCUT2D eigenvalue weighted by molar-refractivity contribution is 9.10. The van der Waals surface area contributed by atoms with Gasteiger partial charge < -0.3 is 5.32 Å². The van der Waals surface area contributed by atoms with Crippen LogP contribution in [0.15, 0.2) is 16.6 Å². The molecule has 0 aliphatic heterocycles. The van der Waals surface area contributed by atoms with Crippen molar-refractivity contribution >= 4 is 27.5 Å². The molecular weight excluding hydrogens is 266 g/mol. The van der Waals surface area contributed by atoms with Crippen molar-refractivity contribution in [2.45, 2.75) is 33.1 Å². The molecule has 0 spiro atoms. The SMILES string of the molecule is CCc1cc(Br)cc(C)c1NC(=O)C1CC1. The van der Waals surface area contributed by atoms with E-state index < -0.39 is 0 Å². The standard InChI is InChI=1S/C13H16BrNO/c1-3-9-7-11(14)6-8(2)12(9)15-13(16)10-4-5-10/h6-7,10H,3-5H2,1-2H3,(H,15,16). The summed E-state index contributed by atoms with van der Waals surface area (Å²) in [5, 5.41) is 3.06. The highest BCUT2D eigenvalue weighted by atomic mass is 79.9. The predicted octanol–water partition coefficient (Wildman–Crippen LogP) is 3.67. The maximum Gasteiger partial charge on any atom is 0.227 e. The monoisotopic (exact) mass is 281 g/mol. The zero-order valence-electron chi connectivity index (χ0n) is 9.64. The number of hydrogen-bond donors (Lipinski definition) is 1. The lowest BCUT2D eigenvalue weighted by molar-refractivity contribution is -0.117. The number of carbonyl (C=O) groups is 1. The third-order valence-corrected chi connectivity index (χ3v) is 3.42. The number of amides is 1. The fourth-order valence-corrected chi connectivity index (χ4v) is 2.46. The smallest absolute Gasteiger partial charge is 0.227 e. The van der Waals surface area contributed by atoms with Gasteiger partial charge in [-0.05, 0) is 49.4 Å². The minimum absolute atomic E-state index is 0.181. The van der Waals surface area contributed by atoms with Gasteiger partial charge in [-0.25, -0.2) is 0 Å². The molecule has 0 heterocycles. The molecule has 1 saturated carbocycles. The average molecular weight is 282 g/mol. The molecule has 16 heavy (non-hydrogen) atoms. The molecule has 1 aliphatic carbocycles. The quantitative estimate of drug-likeness (QED) is 0.900. The third-order valence-electron chi connectivity index (χ3n) is 2.96. The van der Waals surface area contributed by atoms with E-state index in [-0.39, 0.29) is 11.8 Å². The van der Waals surface area contributed by atoms with Crippen molar-refractivity contribution in [2.24, 2.45) is 5.92 Å². The van der Waals surface area contributed by atoms with E-state index in [0.717, 1.165) is 35.0 Å². The molecule has 1 aliphatic rings. The van der Waals surface area contributed by atoms with Gasteiger partial charge in [0.1, 0.15) is 0 Å². The van der Waals surface area contributed by atoms with Crippen LogP contribution in [0.2, 0.25) is 0 Å². The molecule has 0 saturated heterocycles. The van der Waals surface area contributed by atoms with Gasteiger partial charge in [-0.1, -0.05) is 22.9 Å². The van der Waals surface area contributed by atoms with Crippen LogP contribution in [0, 0.1) is 12.8 Å². The lowest BCUT2D eigenvalue weighted by atomic mass is 10.1. The van der Waals surface area contributed by atoms with Crippen LogP contribution >= 0.6 is 15.9 Å². The molecule has 2 nitrogen and oxygen atoms in total. The summed E-state index contributed by atoms with van der Waals surface area (Å²) in [5.74, 6) is 0.438. The summed E-state index contributed by atoms with van der Waals surface area (Å²) in [4.78, 5) is 11.8. The van der Waals surface area contributed by atoms with Crippen LogP contribution in [0.5, 0.6) is 0 Å². The van der Waals surface area contributed by atoms with Gasteiger partial charge in [0, 0.05) is 16.1 Å². The molecule has 1 amide bonds. The number of aryl methyl sites for hydroxylation is 2. The lowest BCUT2D eigenvalue weighted by Crippen LogP contribution is -2.15. The molecular formula is C13H16BrNO.